The van der Waals surface area contributed by atoms with Gasteiger partial charge in [-0.2, -0.15) is 0 Å². The van der Waals surface area contributed by atoms with Crippen LogP contribution in [0.5, 0.6) is 5.75 Å². The maximum absolute atomic E-state index is 13.0. The average Bonchev–Trinajstić information content (AvgIpc) is 2.95. The van der Waals surface area contributed by atoms with Crippen LogP contribution in [-0.2, 0) is 0 Å². The molecule has 0 aliphatic carbocycles. The lowest BCUT2D eigenvalue weighted by atomic mass is 9.73. The Morgan fingerprint density at radius 3 is 2.54 bits per heavy atom. The molecule has 0 spiro atoms. The summed E-state index contributed by atoms with van der Waals surface area (Å²) in [5.41, 5.74) is 4.57. The number of nitrogens with one attached hydrogen (secondary N) is 2. The number of fused-ring (bicyclic) bond motifs is 4. The van der Waals surface area contributed by atoms with Crippen LogP contribution < -0.4 is 26.2 Å². The lowest BCUT2D eigenvalue weighted by Crippen LogP contribution is -2.56. The number of benzene rings is 2. The molecular formula is C32H34N4O3. The van der Waals surface area contributed by atoms with Crippen LogP contribution in [0.25, 0.3) is 10.9 Å². The smallest absolute Gasteiger partial charge is 0.253 e. The first-order valence-electron chi connectivity index (χ1n) is 13.6. The molecule has 0 amide bonds. The van der Waals surface area contributed by atoms with Crippen LogP contribution in [0.2, 0.25) is 0 Å². The highest BCUT2D eigenvalue weighted by molar-refractivity contribution is 5.85. The van der Waals surface area contributed by atoms with E-state index in [0.717, 1.165) is 65.0 Å². The predicted octanol–water partition coefficient (Wildman–Crippen LogP) is 5.25. The summed E-state index contributed by atoms with van der Waals surface area (Å²) in [7, 11) is 1.66. The molecule has 3 aromatic carbocycles. The number of aromatic nitrogens is 1. The number of rotatable bonds is 8. The number of ether oxygens (including phenoxy) is 1. The zero-order valence-corrected chi connectivity index (χ0v) is 22.7. The summed E-state index contributed by atoms with van der Waals surface area (Å²) in [5.74, 6) is 1.77. The minimum atomic E-state index is -0.492. The molecular weight excluding hydrogens is 488 g/mol. The van der Waals surface area contributed by atoms with Gasteiger partial charge >= 0.3 is 0 Å². The molecule has 1 aromatic heterocycles. The van der Waals surface area contributed by atoms with Crippen molar-refractivity contribution >= 4 is 28.0 Å². The molecule has 7 nitrogen and oxygen atoms in total. The Morgan fingerprint density at radius 1 is 1.08 bits per heavy atom. The molecule has 2 bridgehead atoms. The number of hydrogen-bond donors (Lipinski definition) is 2. The number of hydrogen-bond acceptors (Lipinski definition) is 7. The zero-order chi connectivity index (χ0) is 27.3. The first-order valence-corrected chi connectivity index (χ1v) is 13.6. The zero-order valence-electron chi connectivity index (χ0n) is 22.7. The fraction of sp³-hybridized carbons (Fsp3) is 0.344. The van der Waals surface area contributed by atoms with E-state index >= 15 is 0 Å². The lowest BCUT2D eigenvalue weighted by molar-refractivity contribution is 0.0105. The number of aryl methyl sites for hydroxylation is 2. The molecule has 0 radical (unpaired) electrons. The fourth-order valence-corrected chi connectivity index (χ4v) is 6.65. The molecule has 3 fully saturated rings. The van der Waals surface area contributed by atoms with Crippen molar-refractivity contribution in [1.82, 2.24) is 9.88 Å². The van der Waals surface area contributed by atoms with Gasteiger partial charge in [0.15, 0.2) is 0 Å². The quantitative estimate of drug-likeness (QED) is 0.242. The second-order valence-electron chi connectivity index (χ2n) is 11.1. The van der Waals surface area contributed by atoms with Gasteiger partial charge in [0.1, 0.15) is 17.1 Å². The van der Waals surface area contributed by atoms with Crippen molar-refractivity contribution in [1.29, 1.82) is 0 Å². The van der Waals surface area contributed by atoms with E-state index < -0.39 is 10.9 Å². The summed E-state index contributed by atoms with van der Waals surface area (Å²) < 4.78 is 5.54. The van der Waals surface area contributed by atoms with Crippen LogP contribution in [0, 0.1) is 25.7 Å². The Bertz CT molecular complexity index is 1620. The Balaban J connectivity index is 1.43. The van der Waals surface area contributed by atoms with E-state index in [1.54, 1.807) is 7.11 Å². The summed E-state index contributed by atoms with van der Waals surface area (Å²) in [4.78, 5) is 32.9. The monoisotopic (exact) mass is 522 g/mol. The molecule has 7 rings (SSSR count). The number of piperidine rings is 3. The molecule has 2 N–H and O–H groups in total. The standard InChI is InChI=1S/C32H34N4O3/c1-5-20-17-36-11-9-21(20)15-27(36)28(24-8-10-33-26-7-6-23(39-4)16-25(24)26)35-30-29(31(37)32(30)38)34-22-13-18(2)12-19(3)14-22/h5-8,10,12-14,16,20-21,27-28,34-35H,1,9,11,15,17H2,2-4H3/t20-,21-,27-,28-/m0/s1. The van der Waals surface area contributed by atoms with E-state index in [2.05, 4.69) is 39.2 Å². The van der Waals surface area contributed by atoms with Crippen molar-refractivity contribution in [3.05, 3.63) is 98.5 Å². The second-order valence-corrected chi connectivity index (χ2v) is 11.1. The minimum Gasteiger partial charge on any atom is -0.497 e. The Labute approximate surface area is 228 Å². The van der Waals surface area contributed by atoms with E-state index in [4.69, 9.17) is 4.74 Å². The molecule has 0 saturated carbocycles. The summed E-state index contributed by atoms with van der Waals surface area (Å²) >= 11 is 0. The molecule has 39 heavy (non-hydrogen) atoms. The third kappa shape index (κ3) is 4.51. The van der Waals surface area contributed by atoms with Gasteiger partial charge in [0.2, 0.25) is 0 Å². The molecule has 4 aromatic rings. The molecule has 3 aliphatic rings. The highest BCUT2D eigenvalue weighted by Crippen LogP contribution is 2.44. The minimum absolute atomic E-state index is 0.148. The second kappa shape index (κ2) is 9.97. The first-order chi connectivity index (χ1) is 18.9. The molecule has 1 unspecified atom stereocenters. The van der Waals surface area contributed by atoms with Crippen molar-refractivity contribution in [3.63, 3.8) is 0 Å². The van der Waals surface area contributed by atoms with E-state index in [9.17, 15) is 9.59 Å². The third-order valence-corrected chi connectivity index (χ3v) is 8.56. The van der Waals surface area contributed by atoms with Gasteiger partial charge in [0.25, 0.3) is 10.9 Å². The SMILES string of the molecule is C=C[C@H]1CN2CC[C@H]1C[C@H]2[C@@H](Nc1c(Nc2cc(C)cc(C)c2)c(=O)c1=O)c1ccnc2ccc(OC)cc12. The molecule has 3 aliphatic heterocycles. The fourth-order valence-electron chi connectivity index (χ4n) is 6.65. The van der Waals surface area contributed by atoms with Gasteiger partial charge in [-0.25, -0.2) is 0 Å². The van der Waals surface area contributed by atoms with Crippen molar-refractivity contribution < 1.29 is 4.74 Å². The first kappa shape index (κ1) is 25.3. The molecule has 200 valence electrons. The van der Waals surface area contributed by atoms with E-state index in [1.807, 2.05) is 56.4 Å². The normalized spacial score (nSPS) is 23.1. The van der Waals surface area contributed by atoms with Gasteiger partial charge in [0.05, 0.1) is 18.7 Å². The highest BCUT2D eigenvalue weighted by Gasteiger charge is 2.43. The van der Waals surface area contributed by atoms with Crippen LogP contribution in [0.4, 0.5) is 17.1 Å². The van der Waals surface area contributed by atoms with Gasteiger partial charge in [0, 0.05) is 29.9 Å². The van der Waals surface area contributed by atoms with Crippen molar-refractivity contribution in [2.75, 3.05) is 30.8 Å². The van der Waals surface area contributed by atoms with Gasteiger partial charge in [-0.15, -0.1) is 6.58 Å². The van der Waals surface area contributed by atoms with Crippen LogP contribution >= 0.6 is 0 Å². The summed E-state index contributed by atoms with van der Waals surface area (Å²) in [5, 5.41) is 7.79. The van der Waals surface area contributed by atoms with E-state index in [-0.39, 0.29) is 12.1 Å². The topological polar surface area (TPSA) is 83.6 Å². The van der Waals surface area contributed by atoms with Crippen molar-refractivity contribution in [2.24, 2.45) is 11.8 Å². The van der Waals surface area contributed by atoms with Crippen molar-refractivity contribution in [3.8, 4) is 5.75 Å². The summed E-state index contributed by atoms with van der Waals surface area (Å²) in [6.07, 6.45) is 6.03. The summed E-state index contributed by atoms with van der Waals surface area (Å²) in [6, 6.07) is 13.9. The van der Waals surface area contributed by atoms with E-state index in [0.29, 0.717) is 23.2 Å². The largest absolute Gasteiger partial charge is 0.497 e. The molecule has 7 heteroatoms. The Morgan fingerprint density at radius 2 is 1.85 bits per heavy atom. The van der Waals surface area contributed by atoms with Crippen LogP contribution in [0.15, 0.2) is 70.9 Å². The maximum atomic E-state index is 13.0. The lowest BCUT2D eigenvalue weighted by Gasteiger charge is -2.52. The summed E-state index contributed by atoms with van der Waals surface area (Å²) in [6.45, 7) is 10.1. The van der Waals surface area contributed by atoms with E-state index in [1.165, 1.54) is 0 Å². The van der Waals surface area contributed by atoms with Crippen LogP contribution in [-0.4, -0.2) is 36.1 Å². The Hall–Kier alpha value is -3.97. The Kier molecular flexibility index (Phi) is 6.47. The number of nitrogens with zero attached hydrogens (tertiary/aromatic N) is 2. The highest BCUT2D eigenvalue weighted by atomic mass is 16.5. The predicted molar refractivity (Wildman–Crippen MR) is 157 cm³/mol. The number of pyridine rings is 1. The van der Waals surface area contributed by atoms with Gasteiger partial charge in [-0.1, -0.05) is 12.1 Å². The van der Waals surface area contributed by atoms with Gasteiger partial charge in [-0.05, 0) is 98.2 Å². The van der Waals surface area contributed by atoms with Crippen LogP contribution in [0.1, 0.15) is 35.6 Å². The molecule has 4 heterocycles. The third-order valence-electron chi connectivity index (χ3n) is 8.56. The molecule has 5 atom stereocenters. The van der Waals surface area contributed by atoms with Crippen LogP contribution in [0.3, 0.4) is 0 Å². The molecule has 3 saturated heterocycles. The average molecular weight is 523 g/mol. The van der Waals surface area contributed by atoms with Gasteiger partial charge in [-0.3, -0.25) is 19.5 Å². The maximum Gasteiger partial charge on any atom is 0.253 e. The number of anilines is 3. The van der Waals surface area contributed by atoms with Crippen molar-refractivity contribution in [2.45, 2.75) is 38.8 Å². The number of methoxy groups -OCH3 is 1. The van der Waals surface area contributed by atoms with Gasteiger partial charge < -0.3 is 15.4 Å².